The number of nitrogens with zero attached hydrogens (tertiary/aromatic N) is 2. The lowest BCUT2D eigenvalue weighted by Crippen LogP contribution is -2.22. The van der Waals surface area contributed by atoms with E-state index in [-0.39, 0.29) is 11.9 Å². The van der Waals surface area contributed by atoms with Crippen molar-refractivity contribution in [3.05, 3.63) is 42.2 Å². The molecule has 0 bridgehead atoms. The molecule has 5 heteroatoms. The fourth-order valence-electron chi connectivity index (χ4n) is 1.85. The highest BCUT2D eigenvalue weighted by Gasteiger charge is 2.09. The summed E-state index contributed by atoms with van der Waals surface area (Å²) in [6.07, 6.45) is 2.05. The maximum Gasteiger partial charge on any atom is 0.209 e. The molecule has 2 rings (SSSR count). The van der Waals surface area contributed by atoms with Crippen LogP contribution in [0.4, 0.5) is 4.39 Å². The minimum Gasteiger partial charge on any atom is -0.439 e. The molecule has 108 valence electrons. The predicted molar refractivity (Wildman–Crippen MR) is 74.5 cm³/mol. The van der Waals surface area contributed by atoms with Crippen LogP contribution in [-0.2, 0) is 6.54 Å². The van der Waals surface area contributed by atoms with Gasteiger partial charge in [0.25, 0.3) is 0 Å². The number of halogens is 1. The van der Waals surface area contributed by atoms with E-state index in [1.54, 1.807) is 25.3 Å². The summed E-state index contributed by atoms with van der Waals surface area (Å²) >= 11 is 0. The minimum absolute atomic E-state index is 0.272. The van der Waals surface area contributed by atoms with Gasteiger partial charge in [-0.3, -0.25) is 4.90 Å². The maximum atomic E-state index is 12.9. The standard InChI is InChI=1S/C15H19FN2O2/c1-11(19)7-8-18(2)10-15-17-9-14(20-15)12-3-5-13(16)6-4-12/h3-6,9,11,19H,7-8,10H2,1-2H3. The van der Waals surface area contributed by atoms with E-state index in [4.69, 9.17) is 4.42 Å². The Hall–Kier alpha value is -1.72. The number of benzene rings is 1. The van der Waals surface area contributed by atoms with Gasteiger partial charge < -0.3 is 9.52 Å². The van der Waals surface area contributed by atoms with E-state index in [0.717, 1.165) is 12.1 Å². The van der Waals surface area contributed by atoms with E-state index < -0.39 is 0 Å². The van der Waals surface area contributed by atoms with Crippen molar-refractivity contribution in [3.8, 4) is 11.3 Å². The number of hydrogen-bond acceptors (Lipinski definition) is 4. The van der Waals surface area contributed by atoms with E-state index in [1.807, 2.05) is 11.9 Å². The highest BCUT2D eigenvalue weighted by atomic mass is 19.1. The van der Waals surface area contributed by atoms with Gasteiger partial charge in [0.2, 0.25) is 5.89 Å². The lowest BCUT2D eigenvalue weighted by atomic mass is 10.2. The molecule has 0 saturated carbocycles. The lowest BCUT2D eigenvalue weighted by Gasteiger charge is -2.15. The molecule has 1 aromatic heterocycles. The van der Waals surface area contributed by atoms with Crippen LogP contribution in [-0.4, -0.2) is 34.7 Å². The molecule has 0 radical (unpaired) electrons. The summed E-state index contributed by atoms with van der Waals surface area (Å²) in [4.78, 5) is 6.25. The first-order valence-electron chi connectivity index (χ1n) is 6.62. The summed E-state index contributed by atoms with van der Waals surface area (Å²) in [5, 5.41) is 9.25. The molecule has 0 saturated heterocycles. The second-order valence-electron chi connectivity index (χ2n) is 5.00. The van der Waals surface area contributed by atoms with Gasteiger partial charge in [0.15, 0.2) is 5.76 Å². The highest BCUT2D eigenvalue weighted by Crippen LogP contribution is 2.21. The number of aliphatic hydroxyl groups is 1. The topological polar surface area (TPSA) is 49.5 Å². The summed E-state index contributed by atoms with van der Waals surface area (Å²) in [6, 6.07) is 6.12. The summed E-state index contributed by atoms with van der Waals surface area (Å²) in [5.41, 5.74) is 0.803. The molecule has 0 aliphatic heterocycles. The van der Waals surface area contributed by atoms with Crippen LogP contribution in [0.5, 0.6) is 0 Å². The Labute approximate surface area is 117 Å². The van der Waals surface area contributed by atoms with Gasteiger partial charge in [-0.1, -0.05) is 0 Å². The third-order valence-electron chi connectivity index (χ3n) is 3.02. The molecular weight excluding hydrogens is 259 g/mol. The smallest absolute Gasteiger partial charge is 0.209 e. The number of rotatable bonds is 6. The molecule has 1 unspecified atom stereocenters. The highest BCUT2D eigenvalue weighted by molar-refractivity contribution is 5.55. The van der Waals surface area contributed by atoms with Crippen LogP contribution in [0.15, 0.2) is 34.9 Å². The summed E-state index contributed by atoms with van der Waals surface area (Å²) in [6.45, 7) is 3.12. The normalized spacial score (nSPS) is 12.8. The fourth-order valence-corrected chi connectivity index (χ4v) is 1.85. The van der Waals surface area contributed by atoms with Gasteiger partial charge in [-0.25, -0.2) is 9.37 Å². The van der Waals surface area contributed by atoms with Crippen LogP contribution < -0.4 is 0 Å². The fraction of sp³-hybridized carbons (Fsp3) is 0.400. The Morgan fingerprint density at radius 2 is 2.05 bits per heavy atom. The van der Waals surface area contributed by atoms with Crippen LogP contribution in [0.3, 0.4) is 0 Å². The van der Waals surface area contributed by atoms with Crippen LogP contribution in [0.25, 0.3) is 11.3 Å². The third-order valence-corrected chi connectivity index (χ3v) is 3.02. The average Bonchev–Trinajstić information content (AvgIpc) is 2.85. The Morgan fingerprint density at radius 3 is 2.70 bits per heavy atom. The first kappa shape index (κ1) is 14.7. The van der Waals surface area contributed by atoms with Crippen molar-refractivity contribution in [3.63, 3.8) is 0 Å². The number of aliphatic hydroxyl groups excluding tert-OH is 1. The first-order valence-corrected chi connectivity index (χ1v) is 6.62. The molecule has 1 heterocycles. The van der Waals surface area contributed by atoms with Gasteiger partial charge >= 0.3 is 0 Å². The van der Waals surface area contributed by atoms with E-state index in [1.165, 1.54) is 12.1 Å². The molecule has 0 aliphatic rings. The second-order valence-corrected chi connectivity index (χ2v) is 5.00. The largest absolute Gasteiger partial charge is 0.439 e. The monoisotopic (exact) mass is 278 g/mol. The predicted octanol–water partition coefficient (Wildman–Crippen LogP) is 2.68. The van der Waals surface area contributed by atoms with Crippen molar-refractivity contribution in [2.24, 2.45) is 0 Å². The van der Waals surface area contributed by atoms with Crippen molar-refractivity contribution >= 4 is 0 Å². The Morgan fingerprint density at radius 1 is 1.35 bits per heavy atom. The molecular formula is C15H19FN2O2. The molecule has 20 heavy (non-hydrogen) atoms. The molecule has 4 nitrogen and oxygen atoms in total. The molecule has 1 N–H and O–H groups in total. The second kappa shape index (κ2) is 6.63. The van der Waals surface area contributed by atoms with Gasteiger partial charge in [-0.05, 0) is 44.7 Å². The third kappa shape index (κ3) is 4.15. The van der Waals surface area contributed by atoms with E-state index in [9.17, 15) is 9.50 Å². The number of aromatic nitrogens is 1. The van der Waals surface area contributed by atoms with Crippen molar-refractivity contribution in [1.29, 1.82) is 0 Å². The number of oxazole rings is 1. The van der Waals surface area contributed by atoms with E-state index in [0.29, 0.717) is 24.6 Å². The SMILES string of the molecule is CC(O)CCN(C)Cc1ncc(-c2ccc(F)cc2)o1. The molecule has 0 fully saturated rings. The zero-order valence-corrected chi connectivity index (χ0v) is 11.7. The van der Waals surface area contributed by atoms with Crippen molar-refractivity contribution < 1.29 is 13.9 Å². The zero-order valence-electron chi connectivity index (χ0n) is 11.7. The molecule has 0 spiro atoms. The van der Waals surface area contributed by atoms with Crippen LogP contribution >= 0.6 is 0 Å². The Kier molecular flexibility index (Phi) is 4.87. The average molecular weight is 278 g/mol. The van der Waals surface area contributed by atoms with Gasteiger partial charge in [0.1, 0.15) is 5.82 Å². The Bertz CT molecular complexity index is 537. The van der Waals surface area contributed by atoms with E-state index in [2.05, 4.69) is 4.98 Å². The van der Waals surface area contributed by atoms with Gasteiger partial charge in [0, 0.05) is 12.1 Å². The van der Waals surface area contributed by atoms with Crippen LogP contribution in [0.1, 0.15) is 19.2 Å². The van der Waals surface area contributed by atoms with Crippen LogP contribution in [0.2, 0.25) is 0 Å². The summed E-state index contributed by atoms with van der Waals surface area (Å²) in [7, 11) is 1.95. The van der Waals surface area contributed by atoms with Crippen molar-refractivity contribution in [2.45, 2.75) is 26.0 Å². The summed E-state index contributed by atoms with van der Waals surface area (Å²) in [5.74, 6) is 0.965. The van der Waals surface area contributed by atoms with Crippen LogP contribution in [0, 0.1) is 5.82 Å². The maximum absolute atomic E-state index is 12.9. The molecule has 1 aromatic carbocycles. The van der Waals surface area contributed by atoms with Crippen molar-refractivity contribution in [1.82, 2.24) is 9.88 Å². The molecule has 1 atom stereocenters. The first-order chi connectivity index (χ1) is 9.54. The molecule has 0 amide bonds. The van der Waals surface area contributed by atoms with Gasteiger partial charge in [0.05, 0.1) is 18.8 Å². The van der Waals surface area contributed by atoms with Crippen molar-refractivity contribution in [2.75, 3.05) is 13.6 Å². The minimum atomic E-state index is -0.309. The zero-order chi connectivity index (χ0) is 14.5. The van der Waals surface area contributed by atoms with Gasteiger partial charge in [-0.2, -0.15) is 0 Å². The van der Waals surface area contributed by atoms with Gasteiger partial charge in [-0.15, -0.1) is 0 Å². The Balaban J connectivity index is 1.96. The van der Waals surface area contributed by atoms with E-state index >= 15 is 0 Å². The quantitative estimate of drug-likeness (QED) is 0.882. The lowest BCUT2D eigenvalue weighted by molar-refractivity contribution is 0.160. The summed E-state index contributed by atoms with van der Waals surface area (Å²) < 4.78 is 18.5. The molecule has 2 aromatic rings. The number of hydrogen-bond donors (Lipinski definition) is 1. The molecule has 0 aliphatic carbocycles.